The highest BCUT2D eigenvalue weighted by molar-refractivity contribution is 7.98. The van der Waals surface area contributed by atoms with E-state index in [4.69, 9.17) is 4.52 Å². The van der Waals surface area contributed by atoms with Crippen molar-refractivity contribution in [2.45, 2.75) is 24.6 Å². The molecule has 0 radical (unpaired) electrons. The van der Waals surface area contributed by atoms with E-state index in [0.29, 0.717) is 16.3 Å². The summed E-state index contributed by atoms with van der Waals surface area (Å²) >= 11 is 1.46. The lowest BCUT2D eigenvalue weighted by atomic mass is 10.2. The predicted octanol–water partition coefficient (Wildman–Crippen LogP) is 4.23. The maximum absolute atomic E-state index is 12.5. The first-order chi connectivity index (χ1) is 11.6. The Hall–Kier alpha value is -2.60. The Kier molecular flexibility index (Phi) is 4.96. The number of carbonyl (C=O) groups is 1. The zero-order chi connectivity index (χ0) is 16.9. The lowest BCUT2D eigenvalue weighted by Crippen LogP contribution is -2.13. The summed E-state index contributed by atoms with van der Waals surface area (Å²) < 4.78 is 5.06. The van der Waals surface area contributed by atoms with Crippen molar-refractivity contribution in [1.82, 2.24) is 10.1 Å². The number of aryl methyl sites for hydroxylation is 2. The maximum atomic E-state index is 12.5. The summed E-state index contributed by atoms with van der Waals surface area (Å²) in [5.74, 6) is 1.19. The lowest BCUT2D eigenvalue weighted by Gasteiger charge is -2.09. The van der Waals surface area contributed by atoms with Crippen molar-refractivity contribution in [2.24, 2.45) is 0 Å². The standard InChI is InChI=1S/C18H17N3O2S/c1-12-5-7-14(8-6-12)20-17(22)16-4-3-9-19-18(16)24-11-15-10-13(2)23-21-15/h3-10H,11H2,1-2H3,(H,20,22). The van der Waals surface area contributed by atoms with Gasteiger partial charge in [-0.15, -0.1) is 0 Å². The third-order valence-electron chi connectivity index (χ3n) is 3.36. The molecule has 0 aliphatic rings. The molecule has 0 aliphatic heterocycles. The van der Waals surface area contributed by atoms with E-state index in [2.05, 4.69) is 15.5 Å². The first kappa shape index (κ1) is 16.3. The summed E-state index contributed by atoms with van der Waals surface area (Å²) in [5.41, 5.74) is 3.28. The first-order valence-electron chi connectivity index (χ1n) is 7.50. The second-order valence-electron chi connectivity index (χ2n) is 5.39. The van der Waals surface area contributed by atoms with Crippen molar-refractivity contribution >= 4 is 23.4 Å². The number of benzene rings is 1. The van der Waals surface area contributed by atoms with Gasteiger partial charge < -0.3 is 9.84 Å². The second-order valence-corrected chi connectivity index (χ2v) is 6.36. The van der Waals surface area contributed by atoms with Crippen molar-refractivity contribution in [3.8, 4) is 0 Å². The van der Waals surface area contributed by atoms with Crippen molar-refractivity contribution < 1.29 is 9.32 Å². The van der Waals surface area contributed by atoms with Crippen LogP contribution in [0.4, 0.5) is 5.69 Å². The number of aromatic nitrogens is 2. The van der Waals surface area contributed by atoms with Crippen LogP contribution in [0.15, 0.2) is 58.2 Å². The SMILES string of the molecule is Cc1ccc(NC(=O)c2cccnc2SCc2cc(C)on2)cc1. The van der Waals surface area contributed by atoms with E-state index >= 15 is 0 Å². The summed E-state index contributed by atoms with van der Waals surface area (Å²) in [5, 5.41) is 7.53. The Morgan fingerprint density at radius 3 is 2.71 bits per heavy atom. The number of pyridine rings is 1. The Labute approximate surface area is 144 Å². The number of nitrogens with zero attached hydrogens (tertiary/aromatic N) is 2. The molecule has 2 heterocycles. The van der Waals surface area contributed by atoms with Gasteiger partial charge in [-0.25, -0.2) is 4.98 Å². The van der Waals surface area contributed by atoms with Crippen LogP contribution in [-0.4, -0.2) is 16.0 Å². The van der Waals surface area contributed by atoms with Crippen molar-refractivity contribution in [3.63, 3.8) is 0 Å². The molecule has 24 heavy (non-hydrogen) atoms. The minimum absolute atomic E-state index is 0.175. The van der Waals surface area contributed by atoms with Gasteiger partial charge in [0, 0.05) is 23.7 Å². The average Bonchev–Trinajstić information content (AvgIpc) is 3.01. The number of hydrogen-bond donors (Lipinski definition) is 1. The van der Waals surface area contributed by atoms with E-state index in [0.717, 1.165) is 22.7 Å². The molecule has 122 valence electrons. The van der Waals surface area contributed by atoms with Crippen LogP contribution in [0.1, 0.15) is 27.4 Å². The van der Waals surface area contributed by atoms with E-state index in [1.54, 1.807) is 18.3 Å². The largest absolute Gasteiger partial charge is 0.361 e. The highest BCUT2D eigenvalue weighted by Crippen LogP contribution is 2.25. The number of carbonyl (C=O) groups excluding carboxylic acids is 1. The summed E-state index contributed by atoms with van der Waals surface area (Å²) in [6.07, 6.45) is 1.68. The molecule has 0 unspecified atom stereocenters. The Morgan fingerprint density at radius 1 is 1.21 bits per heavy atom. The van der Waals surface area contributed by atoms with E-state index < -0.39 is 0 Å². The molecule has 0 saturated heterocycles. The minimum atomic E-state index is -0.175. The van der Waals surface area contributed by atoms with Crippen LogP contribution in [0.3, 0.4) is 0 Å². The molecule has 0 aliphatic carbocycles. The van der Waals surface area contributed by atoms with E-state index in [-0.39, 0.29) is 5.91 Å². The van der Waals surface area contributed by atoms with Crippen LogP contribution in [0, 0.1) is 13.8 Å². The normalized spacial score (nSPS) is 10.6. The molecule has 1 N–H and O–H groups in total. The Balaban J connectivity index is 1.72. The molecular weight excluding hydrogens is 322 g/mol. The Morgan fingerprint density at radius 2 is 2.00 bits per heavy atom. The van der Waals surface area contributed by atoms with E-state index in [1.807, 2.05) is 44.2 Å². The minimum Gasteiger partial charge on any atom is -0.361 e. The number of thioether (sulfide) groups is 1. The topological polar surface area (TPSA) is 68.0 Å². The van der Waals surface area contributed by atoms with Gasteiger partial charge in [0.1, 0.15) is 10.8 Å². The zero-order valence-electron chi connectivity index (χ0n) is 13.4. The molecule has 1 amide bonds. The van der Waals surface area contributed by atoms with Crippen molar-refractivity contribution in [3.05, 3.63) is 71.2 Å². The van der Waals surface area contributed by atoms with Crippen molar-refractivity contribution in [2.75, 3.05) is 5.32 Å². The summed E-state index contributed by atoms with van der Waals surface area (Å²) in [6.45, 7) is 3.86. The fraction of sp³-hybridized carbons (Fsp3) is 0.167. The highest BCUT2D eigenvalue weighted by Gasteiger charge is 2.14. The molecule has 3 aromatic rings. The fourth-order valence-electron chi connectivity index (χ4n) is 2.14. The maximum Gasteiger partial charge on any atom is 0.258 e. The second kappa shape index (κ2) is 7.31. The Bertz CT molecular complexity index is 843. The third kappa shape index (κ3) is 4.02. The van der Waals surface area contributed by atoms with Gasteiger partial charge in [0.15, 0.2) is 0 Å². The molecule has 3 rings (SSSR count). The molecule has 1 aromatic carbocycles. The number of rotatable bonds is 5. The van der Waals surface area contributed by atoms with Gasteiger partial charge >= 0.3 is 0 Å². The monoisotopic (exact) mass is 339 g/mol. The molecule has 0 fully saturated rings. The van der Waals surface area contributed by atoms with Crippen molar-refractivity contribution in [1.29, 1.82) is 0 Å². The molecule has 0 bridgehead atoms. The summed E-state index contributed by atoms with van der Waals surface area (Å²) in [6, 6.07) is 13.1. The smallest absolute Gasteiger partial charge is 0.258 e. The number of anilines is 1. The summed E-state index contributed by atoms with van der Waals surface area (Å²) in [4.78, 5) is 16.9. The highest BCUT2D eigenvalue weighted by atomic mass is 32.2. The molecule has 2 aromatic heterocycles. The first-order valence-corrected chi connectivity index (χ1v) is 8.48. The van der Waals surface area contributed by atoms with E-state index in [9.17, 15) is 4.79 Å². The van der Waals surface area contributed by atoms with E-state index in [1.165, 1.54) is 11.8 Å². The van der Waals surface area contributed by atoms with Gasteiger partial charge in [-0.05, 0) is 38.1 Å². The molecule has 0 spiro atoms. The van der Waals surface area contributed by atoms with Crippen LogP contribution in [0.5, 0.6) is 0 Å². The van der Waals surface area contributed by atoms with Gasteiger partial charge in [-0.3, -0.25) is 4.79 Å². The molecule has 5 nitrogen and oxygen atoms in total. The number of nitrogens with one attached hydrogen (secondary N) is 1. The average molecular weight is 339 g/mol. The van der Waals surface area contributed by atoms with Gasteiger partial charge in [0.05, 0.1) is 11.3 Å². The van der Waals surface area contributed by atoms with Crippen LogP contribution in [0.2, 0.25) is 0 Å². The van der Waals surface area contributed by atoms with Crippen LogP contribution in [0.25, 0.3) is 0 Å². The number of hydrogen-bond acceptors (Lipinski definition) is 5. The van der Waals surface area contributed by atoms with Crippen LogP contribution in [-0.2, 0) is 5.75 Å². The number of amides is 1. The van der Waals surface area contributed by atoms with Gasteiger partial charge in [0.25, 0.3) is 5.91 Å². The van der Waals surface area contributed by atoms with Crippen LogP contribution < -0.4 is 5.32 Å². The van der Waals surface area contributed by atoms with Gasteiger partial charge in [0.2, 0.25) is 0 Å². The van der Waals surface area contributed by atoms with Gasteiger partial charge in [-0.2, -0.15) is 0 Å². The molecule has 0 atom stereocenters. The van der Waals surface area contributed by atoms with Crippen LogP contribution >= 0.6 is 11.8 Å². The van der Waals surface area contributed by atoms with Gasteiger partial charge in [-0.1, -0.05) is 34.6 Å². The lowest BCUT2D eigenvalue weighted by molar-refractivity contribution is 0.102. The third-order valence-corrected chi connectivity index (χ3v) is 4.40. The predicted molar refractivity (Wildman–Crippen MR) is 94.2 cm³/mol. The molecular formula is C18H17N3O2S. The molecule has 0 saturated carbocycles. The molecule has 6 heteroatoms. The quantitative estimate of drug-likeness (QED) is 0.705. The summed E-state index contributed by atoms with van der Waals surface area (Å²) in [7, 11) is 0. The zero-order valence-corrected chi connectivity index (χ0v) is 14.3. The fourth-order valence-corrected chi connectivity index (χ4v) is 3.01.